The third-order valence-corrected chi connectivity index (χ3v) is 6.55. The van der Waals surface area contributed by atoms with E-state index in [0.29, 0.717) is 5.92 Å². The van der Waals surface area contributed by atoms with Gasteiger partial charge < -0.3 is 15.2 Å². The molecule has 2 N–H and O–H groups in total. The van der Waals surface area contributed by atoms with Gasteiger partial charge in [-0.05, 0) is 57.2 Å². The maximum absolute atomic E-state index is 13.1. The average molecular weight is 379 g/mol. The molecule has 2 aromatic rings. The van der Waals surface area contributed by atoms with Crippen LogP contribution in [0.15, 0.2) is 30.3 Å². The number of nitriles is 1. The number of hydrogen-bond acceptors (Lipinski definition) is 3. The lowest BCUT2D eigenvalue weighted by Gasteiger charge is -2.32. The van der Waals surface area contributed by atoms with Gasteiger partial charge in [-0.3, -0.25) is 4.79 Å². The van der Waals surface area contributed by atoms with E-state index in [-0.39, 0.29) is 17.4 Å². The molecular weight excluding hydrogens is 348 g/mol. The zero-order chi connectivity index (χ0) is 19.6. The van der Waals surface area contributed by atoms with Crippen molar-refractivity contribution in [2.24, 2.45) is 11.3 Å². The molecule has 148 valence electrons. The highest BCUT2D eigenvalue weighted by atomic mass is 16.2. The van der Waals surface area contributed by atoms with Crippen molar-refractivity contribution >= 4 is 16.8 Å². The van der Waals surface area contributed by atoms with Crippen LogP contribution in [0.4, 0.5) is 0 Å². The van der Waals surface area contributed by atoms with E-state index in [0.717, 1.165) is 61.9 Å². The summed E-state index contributed by atoms with van der Waals surface area (Å²) in [5, 5.41) is 17.2. The SMILES string of the molecule is CCn1c(C(=O)N[C@H]2CCCC[C@@H]2CNCC2(C#N)CC2)cc2ccccc21. The van der Waals surface area contributed by atoms with Crippen LogP contribution in [0.25, 0.3) is 10.9 Å². The zero-order valence-electron chi connectivity index (χ0n) is 16.7. The number of carbonyl (C=O) groups excluding carboxylic acids is 1. The molecule has 1 aromatic heterocycles. The Balaban J connectivity index is 1.43. The molecule has 0 bridgehead atoms. The summed E-state index contributed by atoms with van der Waals surface area (Å²) < 4.78 is 2.10. The third-order valence-electron chi connectivity index (χ3n) is 6.55. The summed E-state index contributed by atoms with van der Waals surface area (Å²) in [5.41, 5.74) is 1.75. The van der Waals surface area contributed by atoms with E-state index >= 15 is 0 Å². The maximum Gasteiger partial charge on any atom is 0.268 e. The maximum atomic E-state index is 13.1. The Morgan fingerprint density at radius 2 is 2.07 bits per heavy atom. The van der Waals surface area contributed by atoms with Gasteiger partial charge in [0.15, 0.2) is 0 Å². The predicted molar refractivity (Wildman–Crippen MR) is 111 cm³/mol. The largest absolute Gasteiger partial charge is 0.348 e. The van der Waals surface area contributed by atoms with E-state index in [1.807, 2.05) is 18.2 Å². The second kappa shape index (κ2) is 7.97. The van der Waals surface area contributed by atoms with Crippen molar-refractivity contribution in [3.05, 3.63) is 36.0 Å². The lowest BCUT2D eigenvalue weighted by molar-refractivity contribution is 0.0896. The number of rotatable bonds is 7. The van der Waals surface area contributed by atoms with Crippen LogP contribution in [0.5, 0.6) is 0 Å². The van der Waals surface area contributed by atoms with Crippen molar-refractivity contribution in [3.63, 3.8) is 0 Å². The van der Waals surface area contributed by atoms with Crippen molar-refractivity contribution in [2.45, 2.75) is 58.0 Å². The Morgan fingerprint density at radius 3 is 2.82 bits per heavy atom. The van der Waals surface area contributed by atoms with Crippen molar-refractivity contribution in [1.82, 2.24) is 15.2 Å². The van der Waals surface area contributed by atoms with Crippen LogP contribution in [0.3, 0.4) is 0 Å². The second-order valence-electron chi connectivity index (χ2n) is 8.48. The number of hydrogen-bond donors (Lipinski definition) is 2. The van der Waals surface area contributed by atoms with Crippen LogP contribution in [0.2, 0.25) is 0 Å². The number of amides is 1. The van der Waals surface area contributed by atoms with Gasteiger partial charge in [0, 0.05) is 30.0 Å². The van der Waals surface area contributed by atoms with Crippen LogP contribution < -0.4 is 10.6 Å². The molecule has 2 atom stereocenters. The summed E-state index contributed by atoms with van der Waals surface area (Å²) in [5.74, 6) is 0.470. The molecular formula is C23H30N4O. The van der Waals surface area contributed by atoms with Gasteiger partial charge in [-0.2, -0.15) is 5.26 Å². The van der Waals surface area contributed by atoms with E-state index in [1.165, 1.54) is 12.8 Å². The molecule has 1 amide bonds. The van der Waals surface area contributed by atoms with Gasteiger partial charge >= 0.3 is 0 Å². The number of fused-ring (bicyclic) bond motifs is 1. The first-order valence-corrected chi connectivity index (χ1v) is 10.7. The number of carbonyl (C=O) groups is 1. The standard InChI is InChI=1S/C23H30N4O/c1-2-27-20-10-6-4-7-17(20)13-21(27)22(28)26-19-9-5-3-8-18(19)14-25-16-23(15-24)11-12-23/h4,6-7,10,13,18-19,25H,2-3,5,8-9,11-12,14,16H2,1H3,(H,26,28)/t18-,19+/m1/s1. The summed E-state index contributed by atoms with van der Waals surface area (Å²) in [7, 11) is 0. The molecule has 5 heteroatoms. The highest BCUT2D eigenvalue weighted by molar-refractivity contribution is 5.98. The minimum Gasteiger partial charge on any atom is -0.348 e. The summed E-state index contributed by atoms with van der Waals surface area (Å²) in [6, 6.07) is 12.8. The van der Waals surface area contributed by atoms with Crippen molar-refractivity contribution in [3.8, 4) is 6.07 Å². The van der Waals surface area contributed by atoms with Crippen molar-refractivity contribution < 1.29 is 4.79 Å². The number of nitrogens with zero attached hydrogens (tertiary/aromatic N) is 2. The van der Waals surface area contributed by atoms with Crippen LogP contribution in [-0.4, -0.2) is 29.6 Å². The molecule has 4 rings (SSSR count). The highest BCUT2D eigenvalue weighted by Gasteiger charge is 2.42. The van der Waals surface area contributed by atoms with Crippen LogP contribution >= 0.6 is 0 Å². The number of aromatic nitrogens is 1. The molecule has 2 saturated carbocycles. The van der Waals surface area contributed by atoms with Gasteiger partial charge in [0.25, 0.3) is 5.91 Å². The fourth-order valence-electron chi connectivity index (χ4n) is 4.60. The summed E-state index contributed by atoms with van der Waals surface area (Å²) in [6.07, 6.45) is 6.59. The molecule has 0 saturated heterocycles. The van der Waals surface area contributed by atoms with E-state index in [2.05, 4.69) is 40.3 Å². The van der Waals surface area contributed by atoms with Gasteiger partial charge in [-0.15, -0.1) is 0 Å². The Bertz CT molecular complexity index is 890. The van der Waals surface area contributed by atoms with Crippen molar-refractivity contribution in [1.29, 1.82) is 5.26 Å². The zero-order valence-corrected chi connectivity index (χ0v) is 16.7. The average Bonchev–Trinajstić information content (AvgIpc) is 3.40. The second-order valence-corrected chi connectivity index (χ2v) is 8.48. The van der Waals surface area contributed by atoms with Crippen LogP contribution in [0, 0.1) is 22.7 Å². The quantitative estimate of drug-likeness (QED) is 0.769. The Morgan fingerprint density at radius 1 is 1.29 bits per heavy atom. The number of benzene rings is 1. The van der Waals surface area contributed by atoms with Crippen LogP contribution in [-0.2, 0) is 6.54 Å². The van der Waals surface area contributed by atoms with E-state index in [9.17, 15) is 10.1 Å². The van der Waals surface area contributed by atoms with Gasteiger partial charge in [-0.1, -0.05) is 31.0 Å². The van der Waals surface area contributed by atoms with Crippen molar-refractivity contribution in [2.75, 3.05) is 13.1 Å². The van der Waals surface area contributed by atoms with E-state index < -0.39 is 0 Å². The number of para-hydroxylation sites is 1. The van der Waals surface area contributed by atoms with Gasteiger partial charge in [0.05, 0.1) is 11.5 Å². The first kappa shape index (κ1) is 19.0. The molecule has 0 aliphatic heterocycles. The lowest BCUT2D eigenvalue weighted by Crippen LogP contribution is -2.46. The topological polar surface area (TPSA) is 69.8 Å². The van der Waals surface area contributed by atoms with Gasteiger partial charge in [-0.25, -0.2) is 0 Å². The first-order valence-electron chi connectivity index (χ1n) is 10.7. The third kappa shape index (κ3) is 3.79. The molecule has 0 spiro atoms. The molecule has 0 radical (unpaired) electrons. The molecule has 1 aromatic carbocycles. The molecule has 2 fully saturated rings. The van der Waals surface area contributed by atoms with E-state index in [4.69, 9.17) is 0 Å². The van der Waals surface area contributed by atoms with Crippen LogP contribution in [0.1, 0.15) is 55.9 Å². The molecule has 0 unspecified atom stereocenters. The summed E-state index contributed by atoms with van der Waals surface area (Å²) in [4.78, 5) is 13.1. The minimum atomic E-state index is -0.116. The number of nitrogens with one attached hydrogen (secondary N) is 2. The smallest absolute Gasteiger partial charge is 0.268 e. The number of aryl methyl sites for hydroxylation is 1. The normalized spacial score (nSPS) is 23.3. The predicted octanol–water partition coefficient (Wildman–Crippen LogP) is 3.84. The Labute approximate surface area is 167 Å². The molecule has 28 heavy (non-hydrogen) atoms. The molecule has 1 heterocycles. The summed E-state index contributed by atoms with van der Waals surface area (Å²) in [6.45, 7) is 4.53. The fourth-order valence-corrected chi connectivity index (χ4v) is 4.60. The fraction of sp³-hybridized carbons (Fsp3) is 0.565. The first-order chi connectivity index (χ1) is 13.7. The highest BCUT2D eigenvalue weighted by Crippen LogP contribution is 2.44. The van der Waals surface area contributed by atoms with Gasteiger partial charge in [0.2, 0.25) is 0 Å². The molecule has 2 aliphatic rings. The Kier molecular flexibility index (Phi) is 5.41. The van der Waals surface area contributed by atoms with E-state index in [1.54, 1.807) is 0 Å². The summed E-state index contributed by atoms with van der Waals surface area (Å²) >= 11 is 0. The minimum absolute atomic E-state index is 0.0330. The van der Waals surface area contributed by atoms with Gasteiger partial charge in [0.1, 0.15) is 5.69 Å². The Hall–Kier alpha value is -2.32. The lowest BCUT2D eigenvalue weighted by atomic mass is 9.84. The monoisotopic (exact) mass is 378 g/mol. The molecule has 5 nitrogen and oxygen atoms in total. The molecule has 2 aliphatic carbocycles.